The van der Waals surface area contributed by atoms with Crippen molar-refractivity contribution in [1.29, 1.82) is 0 Å². The van der Waals surface area contributed by atoms with Crippen molar-refractivity contribution in [1.82, 2.24) is 15.1 Å². The van der Waals surface area contributed by atoms with Gasteiger partial charge in [0.25, 0.3) is 0 Å². The Labute approximate surface area is 230 Å². The van der Waals surface area contributed by atoms with E-state index >= 15 is 0 Å². The molecule has 3 aliphatic heterocycles. The quantitative estimate of drug-likeness (QED) is 0.466. The van der Waals surface area contributed by atoms with Gasteiger partial charge in [-0.05, 0) is 50.6 Å². The van der Waals surface area contributed by atoms with Gasteiger partial charge in [-0.25, -0.2) is 0 Å². The lowest BCUT2D eigenvalue weighted by Gasteiger charge is -2.34. The highest BCUT2D eigenvalue weighted by Gasteiger charge is 2.72. The Morgan fingerprint density at radius 2 is 1.89 bits per heavy atom. The first-order chi connectivity index (χ1) is 18.3. The maximum atomic E-state index is 14.0. The lowest BCUT2D eigenvalue weighted by molar-refractivity contribution is -0.141. The van der Waals surface area contributed by atoms with Gasteiger partial charge in [-0.2, -0.15) is 0 Å². The van der Waals surface area contributed by atoms with E-state index in [1.807, 2.05) is 25.1 Å². The molecule has 38 heavy (non-hydrogen) atoms. The Morgan fingerprint density at radius 3 is 2.58 bits per heavy atom. The predicted octanol–water partition coefficient (Wildman–Crippen LogP) is 3.53. The number of aryl methyl sites for hydroxylation is 1. The molecular weight excluding hydrogens is 504 g/mol. The minimum absolute atomic E-state index is 0.111. The van der Waals surface area contributed by atoms with E-state index in [9.17, 15) is 14.4 Å². The summed E-state index contributed by atoms with van der Waals surface area (Å²) < 4.78 is 6.45. The lowest BCUT2D eigenvalue weighted by Crippen LogP contribution is -2.57. The molecule has 1 saturated carbocycles. The molecule has 5 atom stereocenters. The number of rotatable bonds is 9. The number of nitrogens with one attached hydrogen (secondary N) is 2. The summed E-state index contributed by atoms with van der Waals surface area (Å²) in [6.45, 7) is 8.84. The van der Waals surface area contributed by atoms with E-state index in [1.165, 1.54) is 6.42 Å². The molecule has 2 bridgehead atoms. The summed E-state index contributed by atoms with van der Waals surface area (Å²) in [4.78, 5) is 45.4. The van der Waals surface area contributed by atoms with Crippen LogP contribution in [0.4, 0.5) is 5.69 Å². The topological polar surface area (TPSA) is 91.0 Å². The summed E-state index contributed by atoms with van der Waals surface area (Å²) in [5.41, 5.74) is 0.342. The SMILES string of the molecule is CCN(CC)CCN1C(=O)[C@@H]2C(C(=O)Nc3ccc(C)c(Cl)c3)[C@@H]3C=CC2(O3)C1C(=O)NC1CCCCC1. The maximum Gasteiger partial charge on any atom is 0.246 e. The molecule has 5 rings (SSSR count). The third kappa shape index (κ3) is 4.75. The molecule has 1 aliphatic carbocycles. The third-order valence-electron chi connectivity index (χ3n) is 8.87. The van der Waals surface area contributed by atoms with Gasteiger partial charge in [-0.1, -0.05) is 62.9 Å². The summed E-state index contributed by atoms with van der Waals surface area (Å²) in [7, 11) is 0. The van der Waals surface area contributed by atoms with Gasteiger partial charge < -0.3 is 25.2 Å². The number of likely N-dealkylation sites (tertiary alicyclic amines) is 1. The lowest BCUT2D eigenvalue weighted by atomic mass is 9.74. The van der Waals surface area contributed by atoms with Crippen LogP contribution in [0.2, 0.25) is 5.02 Å². The van der Waals surface area contributed by atoms with Crippen molar-refractivity contribution >= 4 is 35.0 Å². The van der Waals surface area contributed by atoms with Crippen LogP contribution in [0.3, 0.4) is 0 Å². The molecule has 3 heterocycles. The Kier molecular flexibility index (Phi) is 7.85. The number of likely N-dealkylation sites (N-methyl/N-ethyl adjacent to an activating group) is 1. The van der Waals surface area contributed by atoms with Crippen LogP contribution in [0, 0.1) is 18.8 Å². The van der Waals surface area contributed by atoms with Crippen LogP contribution in [0.15, 0.2) is 30.4 Å². The van der Waals surface area contributed by atoms with Gasteiger partial charge in [0, 0.05) is 29.8 Å². The number of anilines is 1. The average molecular weight is 543 g/mol. The number of carbonyl (C=O) groups excluding carboxylic acids is 3. The second kappa shape index (κ2) is 11.0. The van der Waals surface area contributed by atoms with Crippen molar-refractivity contribution in [3.8, 4) is 0 Å². The largest absolute Gasteiger partial charge is 0.359 e. The Bertz CT molecular complexity index is 1120. The molecule has 1 aromatic carbocycles. The van der Waals surface area contributed by atoms with Crippen molar-refractivity contribution in [2.24, 2.45) is 11.8 Å². The van der Waals surface area contributed by atoms with E-state index < -0.39 is 29.6 Å². The first-order valence-corrected chi connectivity index (χ1v) is 14.4. The van der Waals surface area contributed by atoms with Crippen molar-refractivity contribution in [2.45, 2.75) is 76.7 Å². The zero-order chi connectivity index (χ0) is 27.0. The van der Waals surface area contributed by atoms with Crippen LogP contribution in [-0.2, 0) is 19.1 Å². The average Bonchev–Trinajstić information content (AvgIpc) is 3.55. The molecule has 9 heteroatoms. The number of fused-ring (bicyclic) bond motifs is 1. The number of nitrogens with zero attached hydrogens (tertiary/aromatic N) is 2. The molecular formula is C29H39ClN4O4. The minimum Gasteiger partial charge on any atom is -0.359 e. The smallest absolute Gasteiger partial charge is 0.246 e. The summed E-state index contributed by atoms with van der Waals surface area (Å²) >= 11 is 6.27. The highest BCUT2D eigenvalue weighted by atomic mass is 35.5. The van der Waals surface area contributed by atoms with E-state index in [0.29, 0.717) is 23.8 Å². The molecule has 3 unspecified atom stereocenters. The van der Waals surface area contributed by atoms with E-state index in [4.69, 9.17) is 16.3 Å². The Balaban J connectivity index is 1.42. The second-order valence-electron chi connectivity index (χ2n) is 11.1. The number of amides is 3. The van der Waals surface area contributed by atoms with Crippen molar-refractivity contribution in [3.63, 3.8) is 0 Å². The van der Waals surface area contributed by atoms with Crippen molar-refractivity contribution < 1.29 is 19.1 Å². The number of benzene rings is 1. The predicted molar refractivity (Wildman–Crippen MR) is 147 cm³/mol. The number of hydrogen-bond donors (Lipinski definition) is 2. The van der Waals surface area contributed by atoms with Gasteiger partial charge >= 0.3 is 0 Å². The summed E-state index contributed by atoms with van der Waals surface area (Å²) in [5, 5.41) is 6.74. The van der Waals surface area contributed by atoms with E-state index in [1.54, 1.807) is 17.0 Å². The molecule has 2 N–H and O–H groups in total. The van der Waals surface area contributed by atoms with E-state index in [-0.39, 0.29) is 23.8 Å². The number of carbonyl (C=O) groups is 3. The van der Waals surface area contributed by atoms with Gasteiger partial charge in [0.15, 0.2) is 0 Å². The molecule has 2 saturated heterocycles. The molecule has 3 fully saturated rings. The standard InChI is InChI=1S/C29H39ClN4O4/c1-4-33(5-2)15-16-34-25(27(36)31-19-9-7-6-8-10-19)29-14-13-22(38-29)23(24(29)28(34)37)26(35)32-20-12-11-18(3)21(30)17-20/h11-14,17,19,22-25H,4-10,15-16H2,1-3H3,(H,31,36)(H,32,35)/t22-,23?,24-,25?,29?/m0/s1. The fourth-order valence-corrected chi connectivity index (χ4v) is 6.90. The third-order valence-corrected chi connectivity index (χ3v) is 9.27. The van der Waals surface area contributed by atoms with Gasteiger partial charge in [-0.3, -0.25) is 14.4 Å². The van der Waals surface area contributed by atoms with Crippen LogP contribution in [0.5, 0.6) is 0 Å². The molecule has 4 aliphatic rings. The van der Waals surface area contributed by atoms with Crippen LogP contribution >= 0.6 is 11.6 Å². The number of halogens is 1. The van der Waals surface area contributed by atoms with Crippen LogP contribution in [-0.4, -0.2) is 77.5 Å². The zero-order valence-corrected chi connectivity index (χ0v) is 23.3. The first kappa shape index (κ1) is 27.2. The molecule has 3 amide bonds. The molecule has 206 valence electrons. The van der Waals surface area contributed by atoms with Gasteiger partial charge in [0.05, 0.1) is 17.9 Å². The fourth-order valence-electron chi connectivity index (χ4n) is 6.72. The second-order valence-corrected chi connectivity index (χ2v) is 11.5. The highest BCUT2D eigenvalue weighted by molar-refractivity contribution is 6.31. The summed E-state index contributed by atoms with van der Waals surface area (Å²) in [5.74, 6) is -2.14. The Morgan fingerprint density at radius 1 is 1.16 bits per heavy atom. The van der Waals surface area contributed by atoms with E-state index in [0.717, 1.165) is 44.3 Å². The van der Waals surface area contributed by atoms with Gasteiger partial charge in [0.2, 0.25) is 17.7 Å². The molecule has 0 radical (unpaired) electrons. The summed E-state index contributed by atoms with van der Waals surface area (Å²) in [6, 6.07) is 4.66. The van der Waals surface area contributed by atoms with Crippen molar-refractivity contribution in [2.75, 3.05) is 31.5 Å². The molecule has 8 nitrogen and oxygen atoms in total. The highest BCUT2D eigenvalue weighted by Crippen LogP contribution is 2.55. The Hall–Kier alpha value is -2.42. The maximum absolute atomic E-state index is 14.0. The van der Waals surface area contributed by atoms with Crippen LogP contribution in [0.25, 0.3) is 0 Å². The van der Waals surface area contributed by atoms with E-state index in [2.05, 4.69) is 29.4 Å². The minimum atomic E-state index is -1.14. The number of hydrogen-bond acceptors (Lipinski definition) is 5. The monoisotopic (exact) mass is 542 g/mol. The van der Waals surface area contributed by atoms with Gasteiger partial charge in [-0.15, -0.1) is 0 Å². The van der Waals surface area contributed by atoms with Crippen molar-refractivity contribution in [3.05, 3.63) is 40.9 Å². The van der Waals surface area contributed by atoms with Crippen LogP contribution in [0.1, 0.15) is 51.5 Å². The number of ether oxygens (including phenoxy) is 1. The zero-order valence-electron chi connectivity index (χ0n) is 22.5. The van der Waals surface area contributed by atoms with Gasteiger partial charge in [0.1, 0.15) is 11.6 Å². The van der Waals surface area contributed by atoms with Crippen LogP contribution < -0.4 is 10.6 Å². The summed E-state index contributed by atoms with van der Waals surface area (Å²) in [6.07, 6.45) is 8.44. The first-order valence-electron chi connectivity index (χ1n) is 14.1. The fraction of sp³-hybridized carbons (Fsp3) is 0.621. The molecule has 1 spiro atoms. The molecule has 1 aromatic rings. The molecule has 0 aromatic heterocycles. The normalized spacial score (nSPS) is 30.2.